The normalized spacial score (nSPS) is 15.3. The Labute approximate surface area is 165 Å². The first kappa shape index (κ1) is 18.5. The lowest BCUT2D eigenvalue weighted by Gasteiger charge is -2.36. The van der Waals surface area contributed by atoms with E-state index in [1.54, 1.807) is 0 Å². The molecule has 146 valence electrons. The van der Waals surface area contributed by atoms with E-state index in [1.807, 2.05) is 31.2 Å². The Bertz CT molecular complexity index is 1060. The minimum absolute atomic E-state index is 0.351. The van der Waals surface area contributed by atoms with Crippen LogP contribution in [0.1, 0.15) is 22.8 Å². The molecule has 0 bridgehead atoms. The largest absolute Gasteiger partial charge is 0.465 e. The van der Waals surface area contributed by atoms with Crippen molar-refractivity contribution in [3.8, 4) is 0 Å². The van der Waals surface area contributed by atoms with Gasteiger partial charge in [-0.15, -0.1) is 0 Å². The van der Waals surface area contributed by atoms with Crippen LogP contribution in [0.15, 0.2) is 42.5 Å². The second-order valence-corrected chi connectivity index (χ2v) is 7.53. The van der Waals surface area contributed by atoms with Crippen molar-refractivity contribution in [2.45, 2.75) is 13.8 Å². The molecule has 6 heteroatoms. The third-order valence-corrected chi connectivity index (χ3v) is 5.33. The summed E-state index contributed by atoms with van der Waals surface area (Å²) in [6.45, 7) is 12.8. The van der Waals surface area contributed by atoms with E-state index >= 15 is 0 Å². The minimum Gasteiger partial charge on any atom is -0.465 e. The Morgan fingerprint density at radius 2 is 1.93 bits per heavy atom. The van der Waals surface area contributed by atoms with E-state index in [2.05, 4.69) is 33.8 Å². The predicted molar refractivity (Wildman–Crippen MR) is 112 cm³/mol. The van der Waals surface area contributed by atoms with Gasteiger partial charge in [0.1, 0.15) is 11.4 Å². The van der Waals surface area contributed by atoms with E-state index in [1.165, 1.54) is 12.7 Å². The Morgan fingerprint density at radius 3 is 2.61 bits per heavy atom. The molecule has 28 heavy (non-hydrogen) atoms. The summed E-state index contributed by atoms with van der Waals surface area (Å²) in [5, 5.41) is 0. The predicted octanol–water partition coefficient (Wildman–Crippen LogP) is 3.28. The molecule has 2 aromatic heterocycles. The van der Waals surface area contributed by atoms with Crippen LogP contribution in [0.5, 0.6) is 0 Å². The van der Waals surface area contributed by atoms with Crippen molar-refractivity contribution in [3.63, 3.8) is 0 Å². The second-order valence-electron chi connectivity index (χ2n) is 7.53. The standard InChI is InChI=1S/C22H26N4O2/c1-15(2)14-24-9-11-25(12-10-24)19-13-16(3)20(22(27)28-4)21-23-17-7-5-6-8-18(17)26(19)21/h5-8,13H,1,9-12,14H2,2-4H3. The van der Waals surface area contributed by atoms with Crippen LogP contribution in [0.25, 0.3) is 16.7 Å². The van der Waals surface area contributed by atoms with Crippen molar-refractivity contribution in [2.24, 2.45) is 0 Å². The van der Waals surface area contributed by atoms with Gasteiger partial charge in [-0.25, -0.2) is 9.78 Å². The molecule has 1 saturated heterocycles. The number of hydrogen-bond acceptors (Lipinski definition) is 5. The van der Waals surface area contributed by atoms with Crippen LogP contribution in [-0.2, 0) is 4.74 Å². The topological polar surface area (TPSA) is 50.1 Å². The van der Waals surface area contributed by atoms with Crippen LogP contribution in [0.3, 0.4) is 0 Å². The third kappa shape index (κ3) is 3.14. The van der Waals surface area contributed by atoms with Gasteiger partial charge in [0, 0.05) is 32.7 Å². The molecule has 0 amide bonds. The Kier molecular flexibility index (Phi) is 4.81. The van der Waals surface area contributed by atoms with Crippen molar-refractivity contribution in [3.05, 3.63) is 53.6 Å². The summed E-state index contributed by atoms with van der Waals surface area (Å²) in [6.07, 6.45) is 0. The molecule has 6 nitrogen and oxygen atoms in total. The molecule has 0 aliphatic carbocycles. The number of carbonyl (C=O) groups is 1. The van der Waals surface area contributed by atoms with Crippen molar-refractivity contribution in [1.82, 2.24) is 14.3 Å². The SMILES string of the molecule is C=C(C)CN1CCN(c2cc(C)c(C(=O)OC)c3nc4ccccc4n23)CC1. The maximum Gasteiger partial charge on any atom is 0.341 e. The molecule has 1 aliphatic rings. The quantitative estimate of drug-likeness (QED) is 0.515. The number of carbonyl (C=O) groups excluding carboxylic acids is 1. The smallest absolute Gasteiger partial charge is 0.341 e. The molecule has 4 rings (SSSR count). The first-order valence-electron chi connectivity index (χ1n) is 9.60. The van der Waals surface area contributed by atoms with E-state index in [0.717, 1.165) is 55.1 Å². The highest BCUT2D eigenvalue weighted by Gasteiger charge is 2.25. The Morgan fingerprint density at radius 1 is 1.21 bits per heavy atom. The van der Waals surface area contributed by atoms with E-state index in [0.29, 0.717) is 11.2 Å². The lowest BCUT2D eigenvalue weighted by Crippen LogP contribution is -2.47. The number of benzene rings is 1. The fourth-order valence-electron chi connectivity index (χ4n) is 4.04. The van der Waals surface area contributed by atoms with Crippen molar-refractivity contribution < 1.29 is 9.53 Å². The van der Waals surface area contributed by atoms with Gasteiger partial charge < -0.3 is 9.64 Å². The van der Waals surface area contributed by atoms with Gasteiger partial charge in [-0.3, -0.25) is 9.30 Å². The molecule has 1 aromatic carbocycles. The molecule has 0 unspecified atom stereocenters. The molecule has 3 aromatic rings. The van der Waals surface area contributed by atoms with Gasteiger partial charge in [-0.2, -0.15) is 0 Å². The Hall–Kier alpha value is -2.86. The molecule has 3 heterocycles. The zero-order chi connectivity index (χ0) is 19.8. The monoisotopic (exact) mass is 378 g/mol. The van der Waals surface area contributed by atoms with Gasteiger partial charge in [0.15, 0.2) is 5.65 Å². The van der Waals surface area contributed by atoms with Crippen molar-refractivity contribution >= 4 is 28.5 Å². The molecule has 1 aliphatic heterocycles. The summed E-state index contributed by atoms with van der Waals surface area (Å²) in [4.78, 5) is 22.0. The van der Waals surface area contributed by atoms with Crippen LogP contribution in [0.2, 0.25) is 0 Å². The van der Waals surface area contributed by atoms with Crippen molar-refractivity contribution in [1.29, 1.82) is 0 Å². The van der Waals surface area contributed by atoms with Crippen LogP contribution in [0, 0.1) is 6.92 Å². The number of pyridine rings is 1. The lowest BCUT2D eigenvalue weighted by molar-refractivity contribution is 0.0601. The highest BCUT2D eigenvalue weighted by atomic mass is 16.5. The second kappa shape index (κ2) is 7.28. The Balaban J connectivity index is 1.83. The number of esters is 1. The molecular weight excluding hydrogens is 352 g/mol. The number of rotatable bonds is 4. The van der Waals surface area contributed by atoms with Crippen molar-refractivity contribution in [2.75, 3.05) is 44.7 Å². The number of aromatic nitrogens is 2. The fourth-order valence-corrected chi connectivity index (χ4v) is 4.04. The maximum absolute atomic E-state index is 12.5. The van der Waals surface area contributed by atoms with E-state index in [4.69, 9.17) is 9.72 Å². The van der Waals surface area contributed by atoms with Gasteiger partial charge in [0.05, 0.1) is 18.1 Å². The summed E-state index contributed by atoms with van der Waals surface area (Å²) in [5.41, 5.74) is 5.14. The number of imidazole rings is 1. The number of hydrogen-bond donors (Lipinski definition) is 0. The highest BCUT2D eigenvalue weighted by Crippen LogP contribution is 2.30. The number of para-hydroxylation sites is 2. The number of aryl methyl sites for hydroxylation is 1. The molecule has 0 atom stereocenters. The molecule has 0 N–H and O–H groups in total. The van der Waals surface area contributed by atoms with Gasteiger partial charge in [0.2, 0.25) is 0 Å². The third-order valence-electron chi connectivity index (χ3n) is 5.33. The van der Waals surface area contributed by atoms with Gasteiger partial charge in [-0.05, 0) is 37.6 Å². The summed E-state index contributed by atoms with van der Waals surface area (Å²) >= 11 is 0. The highest BCUT2D eigenvalue weighted by molar-refractivity contribution is 6.00. The zero-order valence-corrected chi connectivity index (χ0v) is 16.7. The molecule has 0 saturated carbocycles. The average Bonchev–Trinajstić information content (AvgIpc) is 3.06. The van der Waals surface area contributed by atoms with E-state index < -0.39 is 0 Å². The summed E-state index contributed by atoms with van der Waals surface area (Å²) in [5.74, 6) is 0.722. The molecule has 1 fully saturated rings. The summed E-state index contributed by atoms with van der Waals surface area (Å²) in [6, 6.07) is 10.1. The first-order chi connectivity index (χ1) is 13.5. The number of anilines is 1. The van der Waals surface area contributed by atoms with Crippen LogP contribution >= 0.6 is 0 Å². The van der Waals surface area contributed by atoms with Crippen LogP contribution in [0.4, 0.5) is 5.82 Å². The van der Waals surface area contributed by atoms with Gasteiger partial charge in [0.25, 0.3) is 0 Å². The van der Waals surface area contributed by atoms with E-state index in [-0.39, 0.29) is 5.97 Å². The average molecular weight is 378 g/mol. The van der Waals surface area contributed by atoms with Crippen LogP contribution in [-0.4, -0.2) is 60.1 Å². The summed E-state index contributed by atoms with van der Waals surface area (Å²) in [7, 11) is 1.41. The zero-order valence-electron chi connectivity index (χ0n) is 16.7. The number of methoxy groups -OCH3 is 1. The first-order valence-corrected chi connectivity index (χ1v) is 9.60. The minimum atomic E-state index is -0.351. The number of ether oxygens (including phenoxy) is 1. The number of nitrogens with zero attached hydrogens (tertiary/aromatic N) is 4. The van der Waals surface area contributed by atoms with Gasteiger partial charge >= 0.3 is 5.97 Å². The molecule has 0 radical (unpaired) electrons. The molecule has 0 spiro atoms. The van der Waals surface area contributed by atoms with E-state index in [9.17, 15) is 4.79 Å². The number of fused-ring (bicyclic) bond motifs is 3. The fraction of sp³-hybridized carbons (Fsp3) is 0.364. The summed E-state index contributed by atoms with van der Waals surface area (Å²) < 4.78 is 7.14. The van der Waals surface area contributed by atoms with Crippen LogP contribution < -0.4 is 4.90 Å². The maximum atomic E-state index is 12.5. The number of piperazine rings is 1. The molecular formula is C22H26N4O2. The van der Waals surface area contributed by atoms with Gasteiger partial charge in [-0.1, -0.05) is 24.3 Å². The lowest BCUT2D eigenvalue weighted by atomic mass is 10.1.